The molecule has 0 saturated heterocycles. The Bertz CT molecular complexity index is 465. The highest BCUT2D eigenvalue weighted by Crippen LogP contribution is 2.08. The van der Waals surface area contributed by atoms with Gasteiger partial charge >= 0.3 is 5.97 Å². The van der Waals surface area contributed by atoms with E-state index in [0.29, 0.717) is 0 Å². The molecule has 1 rings (SSSR count). The van der Waals surface area contributed by atoms with Crippen LogP contribution in [0.3, 0.4) is 0 Å². The van der Waals surface area contributed by atoms with Gasteiger partial charge in [-0.2, -0.15) is 0 Å². The number of esters is 1. The van der Waals surface area contributed by atoms with Crippen LogP contribution in [0, 0.1) is 0 Å². The van der Waals surface area contributed by atoms with Gasteiger partial charge in [0.25, 0.3) is 5.91 Å². The number of likely N-dealkylation sites (N-methyl/N-ethyl adjacent to an activating group) is 1. The maximum absolute atomic E-state index is 11.7. The molecule has 0 heterocycles. The number of ether oxygens (including phenoxy) is 1. The predicted octanol–water partition coefficient (Wildman–Crippen LogP) is 0.744. The van der Waals surface area contributed by atoms with Crippen LogP contribution in [-0.4, -0.2) is 43.8 Å². The summed E-state index contributed by atoms with van der Waals surface area (Å²) >= 11 is 0. The Kier molecular flexibility index (Phi) is 3.98. The van der Waals surface area contributed by atoms with Crippen molar-refractivity contribution in [1.29, 1.82) is 0 Å². The molecule has 0 aromatic heterocycles. The molecule has 0 saturated carbocycles. The largest absolute Gasteiger partial charge is 0.465 e. The highest BCUT2D eigenvalue weighted by atomic mass is 16.5. The van der Waals surface area contributed by atoms with Crippen LogP contribution in [0.4, 0.5) is 0 Å². The second kappa shape index (κ2) is 5.25. The third-order valence-corrected chi connectivity index (χ3v) is 2.15. The maximum Gasteiger partial charge on any atom is 0.337 e. The van der Waals surface area contributed by atoms with Crippen molar-refractivity contribution in [3.8, 4) is 0 Å². The fraction of sp³-hybridized carbons (Fsp3) is 0.250. The zero-order valence-corrected chi connectivity index (χ0v) is 9.89. The molecule has 0 aliphatic rings. The minimum Gasteiger partial charge on any atom is -0.465 e. The van der Waals surface area contributed by atoms with Crippen LogP contribution in [0.25, 0.3) is 0 Å². The molecule has 1 aromatic carbocycles. The van der Waals surface area contributed by atoms with Gasteiger partial charge < -0.3 is 9.64 Å². The van der Waals surface area contributed by atoms with Crippen molar-refractivity contribution >= 4 is 17.7 Å². The van der Waals surface area contributed by atoms with E-state index >= 15 is 0 Å². The maximum atomic E-state index is 11.7. The number of carbonyl (C=O) groups is 3. The molecule has 0 fully saturated rings. The van der Waals surface area contributed by atoms with E-state index in [2.05, 4.69) is 4.74 Å². The van der Waals surface area contributed by atoms with Gasteiger partial charge in [-0.3, -0.25) is 9.59 Å². The number of amides is 1. The molecular weight excluding hydrogens is 222 g/mol. The van der Waals surface area contributed by atoms with E-state index in [9.17, 15) is 14.4 Å². The highest BCUT2D eigenvalue weighted by Gasteiger charge is 2.19. The molecule has 1 aromatic rings. The van der Waals surface area contributed by atoms with E-state index in [1.165, 1.54) is 50.4 Å². The number of methoxy groups -OCH3 is 1. The molecule has 90 valence electrons. The summed E-state index contributed by atoms with van der Waals surface area (Å²) in [6, 6.07) is 5.87. The van der Waals surface area contributed by atoms with Crippen LogP contribution in [-0.2, 0) is 9.53 Å². The normalized spacial score (nSPS) is 9.59. The summed E-state index contributed by atoms with van der Waals surface area (Å²) in [5.41, 5.74) is 0.413. The second-order valence-electron chi connectivity index (χ2n) is 3.60. The first kappa shape index (κ1) is 12.9. The number of ketones is 1. The molecule has 5 nitrogen and oxygen atoms in total. The Balaban J connectivity index is 3.04. The van der Waals surface area contributed by atoms with Crippen molar-refractivity contribution in [2.45, 2.75) is 0 Å². The van der Waals surface area contributed by atoms with Crippen LogP contribution in [0.5, 0.6) is 0 Å². The molecule has 0 spiro atoms. The smallest absolute Gasteiger partial charge is 0.337 e. The van der Waals surface area contributed by atoms with Crippen LogP contribution in [0.15, 0.2) is 24.3 Å². The van der Waals surface area contributed by atoms with Gasteiger partial charge in [-0.15, -0.1) is 0 Å². The zero-order chi connectivity index (χ0) is 13.0. The molecule has 17 heavy (non-hydrogen) atoms. The lowest BCUT2D eigenvalue weighted by Gasteiger charge is -2.09. The average molecular weight is 235 g/mol. The topological polar surface area (TPSA) is 63.7 Å². The van der Waals surface area contributed by atoms with Crippen molar-refractivity contribution in [3.05, 3.63) is 35.4 Å². The molecule has 0 atom stereocenters. The summed E-state index contributed by atoms with van der Waals surface area (Å²) in [4.78, 5) is 35.6. The number of rotatable bonds is 3. The molecule has 0 unspecified atom stereocenters. The summed E-state index contributed by atoms with van der Waals surface area (Å²) in [6.07, 6.45) is 0. The SMILES string of the molecule is COC(=O)c1cccc(C(=O)C(=O)N(C)C)c1. The van der Waals surface area contributed by atoms with Gasteiger partial charge in [0.1, 0.15) is 0 Å². The van der Waals surface area contributed by atoms with Gasteiger partial charge in [0, 0.05) is 19.7 Å². The van der Waals surface area contributed by atoms with Crippen molar-refractivity contribution in [2.75, 3.05) is 21.2 Å². The molecular formula is C12H13NO4. The van der Waals surface area contributed by atoms with Crippen LogP contribution in [0.2, 0.25) is 0 Å². The minimum atomic E-state index is -0.652. The number of hydrogen-bond acceptors (Lipinski definition) is 4. The molecule has 0 aliphatic carbocycles. The van der Waals surface area contributed by atoms with Gasteiger partial charge in [0.2, 0.25) is 5.78 Å². The Morgan fingerprint density at radius 2 is 1.71 bits per heavy atom. The molecule has 0 bridgehead atoms. The van der Waals surface area contributed by atoms with E-state index in [1.807, 2.05) is 0 Å². The molecule has 0 radical (unpaired) electrons. The fourth-order valence-electron chi connectivity index (χ4n) is 1.23. The van der Waals surface area contributed by atoms with E-state index < -0.39 is 17.7 Å². The first-order valence-corrected chi connectivity index (χ1v) is 4.91. The van der Waals surface area contributed by atoms with Crippen LogP contribution in [0.1, 0.15) is 20.7 Å². The Morgan fingerprint density at radius 3 is 2.24 bits per heavy atom. The second-order valence-corrected chi connectivity index (χ2v) is 3.60. The number of benzene rings is 1. The van der Waals surface area contributed by atoms with E-state index in [0.717, 1.165) is 0 Å². The molecule has 5 heteroatoms. The predicted molar refractivity (Wildman–Crippen MR) is 60.8 cm³/mol. The molecule has 0 aliphatic heterocycles. The minimum absolute atomic E-state index is 0.173. The molecule has 1 amide bonds. The standard InChI is InChI=1S/C12H13NO4/c1-13(2)11(15)10(14)8-5-4-6-9(7-8)12(16)17-3/h4-7H,1-3H3. The van der Waals surface area contributed by atoms with Crippen LogP contribution >= 0.6 is 0 Å². The lowest BCUT2D eigenvalue weighted by Crippen LogP contribution is -2.29. The Hall–Kier alpha value is -2.17. The summed E-state index contributed by atoms with van der Waals surface area (Å²) in [7, 11) is 4.23. The number of Topliss-reactive ketones (excluding diaryl/α,β-unsaturated/α-hetero) is 1. The zero-order valence-electron chi connectivity index (χ0n) is 9.89. The van der Waals surface area contributed by atoms with Crippen molar-refractivity contribution in [1.82, 2.24) is 4.90 Å². The van der Waals surface area contributed by atoms with Gasteiger partial charge in [-0.05, 0) is 12.1 Å². The average Bonchev–Trinajstić information content (AvgIpc) is 2.36. The monoisotopic (exact) mass is 235 g/mol. The number of hydrogen-bond donors (Lipinski definition) is 0. The third-order valence-electron chi connectivity index (χ3n) is 2.15. The van der Waals surface area contributed by atoms with Crippen molar-refractivity contribution in [3.63, 3.8) is 0 Å². The summed E-state index contributed by atoms with van der Waals surface area (Å²) in [5, 5.41) is 0. The lowest BCUT2D eigenvalue weighted by atomic mass is 10.1. The third kappa shape index (κ3) is 2.90. The number of nitrogens with zero attached hydrogens (tertiary/aromatic N) is 1. The first-order chi connectivity index (χ1) is 7.97. The van der Waals surface area contributed by atoms with Crippen molar-refractivity contribution < 1.29 is 19.1 Å². The van der Waals surface area contributed by atoms with Gasteiger partial charge in [0.15, 0.2) is 0 Å². The fourth-order valence-corrected chi connectivity index (χ4v) is 1.23. The lowest BCUT2D eigenvalue weighted by molar-refractivity contribution is -0.124. The van der Waals surface area contributed by atoms with E-state index in [1.54, 1.807) is 0 Å². The Labute approximate surface area is 99.0 Å². The van der Waals surface area contributed by atoms with E-state index in [4.69, 9.17) is 0 Å². The Morgan fingerprint density at radius 1 is 1.12 bits per heavy atom. The van der Waals surface area contributed by atoms with Gasteiger partial charge in [-0.25, -0.2) is 4.79 Å². The summed E-state index contributed by atoms with van der Waals surface area (Å²) < 4.78 is 4.53. The van der Waals surface area contributed by atoms with Gasteiger partial charge in [-0.1, -0.05) is 12.1 Å². The van der Waals surface area contributed by atoms with Crippen LogP contribution < -0.4 is 0 Å². The van der Waals surface area contributed by atoms with Crippen molar-refractivity contribution in [2.24, 2.45) is 0 Å². The highest BCUT2D eigenvalue weighted by molar-refractivity contribution is 6.42. The summed E-state index contributed by atoms with van der Waals surface area (Å²) in [6.45, 7) is 0. The quantitative estimate of drug-likeness (QED) is 0.440. The molecule has 0 N–H and O–H groups in total. The van der Waals surface area contributed by atoms with E-state index in [-0.39, 0.29) is 11.1 Å². The summed E-state index contributed by atoms with van der Waals surface area (Å²) in [5.74, 6) is -1.83. The number of carbonyl (C=O) groups excluding carboxylic acids is 3. The van der Waals surface area contributed by atoms with Gasteiger partial charge in [0.05, 0.1) is 12.7 Å². The first-order valence-electron chi connectivity index (χ1n) is 4.91.